The van der Waals surface area contributed by atoms with E-state index < -0.39 is 17.9 Å². The van der Waals surface area contributed by atoms with Crippen molar-refractivity contribution in [2.45, 2.75) is 58.4 Å². The summed E-state index contributed by atoms with van der Waals surface area (Å²) in [5.74, 6) is -1.42. The van der Waals surface area contributed by atoms with Gasteiger partial charge in [0.25, 0.3) is 5.91 Å². The standard InChI is InChI=1S/C23H28N2O5/c1-3-30-23(29)18-9-11-19(12-10-18)25-21(27)15-20(22(25)28)24(16(2)26)14-13-17-7-5-4-6-8-17/h7,9-12,20H,3-6,8,13-15H2,1-2H3. The minimum atomic E-state index is -0.788. The van der Waals surface area contributed by atoms with Gasteiger partial charge in [-0.15, -0.1) is 0 Å². The fraction of sp³-hybridized carbons (Fsp3) is 0.478. The zero-order chi connectivity index (χ0) is 21.7. The number of hydrogen-bond donors (Lipinski definition) is 0. The number of allylic oxidation sites excluding steroid dienone is 1. The molecule has 1 aliphatic heterocycles. The summed E-state index contributed by atoms with van der Waals surface area (Å²) in [6.45, 7) is 3.85. The molecule has 0 saturated carbocycles. The third-order valence-corrected chi connectivity index (χ3v) is 5.60. The number of amides is 3. The molecule has 1 aromatic rings. The van der Waals surface area contributed by atoms with E-state index in [9.17, 15) is 19.2 Å². The van der Waals surface area contributed by atoms with Crippen molar-refractivity contribution in [2.75, 3.05) is 18.1 Å². The van der Waals surface area contributed by atoms with Crippen molar-refractivity contribution in [3.8, 4) is 0 Å². The van der Waals surface area contributed by atoms with E-state index in [0.29, 0.717) is 17.8 Å². The molecule has 1 fully saturated rings. The number of nitrogens with zero attached hydrogens (tertiary/aromatic N) is 2. The summed E-state index contributed by atoms with van der Waals surface area (Å²) in [6, 6.07) is 5.37. The van der Waals surface area contributed by atoms with Crippen molar-refractivity contribution in [3.05, 3.63) is 41.5 Å². The third-order valence-electron chi connectivity index (χ3n) is 5.60. The van der Waals surface area contributed by atoms with Crippen molar-refractivity contribution in [3.63, 3.8) is 0 Å². The van der Waals surface area contributed by atoms with E-state index >= 15 is 0 Å². The first-order chi connectivity index (χ1) is 14.4. The van der Waals surface area contributed by atoms with Crippen LogP contribution in [0.2, 0.25) is 0 Å². The van der Waals surface area contributed by atoms with Crippen LogP contribution in [-0.2, 0) is 19.1 Å². The lowest BCUT2D eigenvalue weighted by Gasteiger charge is -2.27. The predicted molar refractivity (Wildman–Crippen MR) is 112 cm³/mol. The van der Waals surface area contributed by atoms with Gasteiger partial charge < -0.3 is 9.64 Å². The summed E-state index contributed by atoms with van der Waals surface area (Å²) in [4.78, 5) is 52.3. The van der Waals surface area contributed by atoms with Gasteiger partial charge in [-0.2, -0.15) is 0 Å². The van der Waals surface area contributed by atoms with Crippen molar-refractivity contribution >= 4 is 29.4 Å². The molecule has 1 unspecified atom stereocenters. The maximum atomic E-state index is 13.0. The lowest BCUT2D eigenvalue weighted by molar-refractivity contribution is -0.136. The van der Waals surface area contributed by atoms with E-state index in [1.165, 1.54) is 36.0 Å². The van der Waals surface area contributed by atoms with E-state index in [4.69, 9.17) is 4.74 Å². The van der Waals surface area contributed by atoms with Crippen molar-refractivity contribution in [1.29, 1.82) is 0 Å². The van der Waals surface area contributed by atoms with Gasteiger partial charge in [-0.05, 0) is 63.3 Å². The van der Waals surface area contributed by atoms with Crippen LogP contribution in [0.5, 0.6) is 0 Å². The average Bonchev–Trinajstić information content (AvgIpc) is 3.03. The van der Waals surface area contributed by atoms with Gasteiger partial charge in [0, 0.05) is 13.5 Å². The quantitative estimate of drug-likeness (QED) is 0.390. The molecule has 7 heteroatoms. The molecule has 1 aromatic carbocycles. The number of hydrogen-bond acceptors (Lipinski definition) is 5. The van der Waals surface area contributed by atoms with E-state index in [0.717, 1.165) is 30.6 Å². The van der Waals surface area contributed by atoms with Crippen LogP contribution in [0.3, 0.4) is 0 Å². The highest BCUT2D eigenvalue weighted by Gasteiger charge is 2.43. The Bertz CT molecular complexity index is 859. The van der Waals surface area contributed by atoms with Gasteiger partial charge in [-0.1, -0.05) is 11.6 Å². The average molecular weight is 412 g/mol. The Morgan fingerprint density at radius 3 is 2.50 bits per heavy atom. The summed E-state index contributed by atoms with van der Waals surface area (Å²) in [7, 11) is 0. The highest BCUT2D eigenvalue weighted by Crippen LogP contribution is 2.27. The summed E-state index contributed by atoms with van der Waals surface area (Å²) < 4.78 is 4.95. The normalized spacial score (nSPS) is 18.9. The van der Waals surface area contributed by atoms with Crippen LogP contribution in [0.15, 0.2) is 35.9 Å². The number of carbonyl (C=O) groups excluding carboxylic acids is 4. The topological polar surface area (TPSA) is 84.0 Å². The second-order valence-electron chi connectivity index (χ2n) is 7.63. The van der Waals surface area contributed by atoms with Crippen LogP contribution in [0, 0.1) is 0 Å². The highest BCUT2D eigenvalue weighted by molar-refractivity contribution is 6.23. The minimum Gasteiger partial charge on any atom is -0.462 e. The molecule has 3 amide bonds. The molecule has 30 heavy (non-hydrogen) atoms. The fourth-order valence-corrected chi connectivity index (χ4v) is 4.02. The molecule has 1 heterocycles. The van der Waals surface area contributed by atoms with E-state index in [2.05, 4.69) is 6.08 Å². The number of ether oxygens (including phenoxy) is 1. The molecule has 7 nitrogen and oxygen atoms in total. The largest absolute Gasteiger partial charge is 0.462 e. The Morgan fingerprint density at radius 2 is 1.90 bits per heavy atom. The van der Waals surface area contributed by atoms with Gasteiger partial charge in [-0.3, -0.25) is 14.4 Å². The number of anilines is 1. The highest BCUT2D eigenvalue weighted by atomic mass is 16.5. The summed E-state index contributed by atoms with van der Waals surface area (Å²) >= 11 is 0. The molecule has 1 aliphatic carbocycles. The maximum Gasteiger partial charge on any atom is 0.338 e. The number of carbonyl (C=O) groups is 4. The number of rotatable bonds is 7. The molecule has 1 saturated heterocycles. The van der Waals surface area contributed by atoms with Gasteiger partial charge in [0.05, 0.1) is 24.3 Å². The van der Waals surface area contributed by atoms with E-state index in [1.807, 2.05) is 0 Å². The number of esters is 1. The number of benzene rings is 1. The predicted octanol–water partition coefficient (Wildman–Crippen LogP) is 3.23. The monoisotopic (exact) mass is 412 g/mol. The molecule has 3 rings (SSSR count). The summed E-state index contributed by atoms with van der Waals surface area (Å²) in [5.41, 5.74) is 2.05. The molecular weight excluding hydrogens is 384 g/mol. The Labute approximate surface area is 176 Å². The number of imide groups is 1. The first kappa shape index (κ1) is 21.7. The first-order valence-corrected chi connectivity index (χ1v) is 10.5. The molecule has 1 atom stereocenters. The van der Waals surface area contributed by atoms with Crippen molar-refractivity contribution in [2.24, 2.45) is 0 Å². The van der Waals surface area contributed by atoms with Crippen LogP contribution in [-0.4, -0.2) is 47.8 Å². The maximum absolute atomic E-state index is 13.0. The first-order valence-electron chi connectivity index (χ1n) is 10.5. The summed E-state index contributed by atoms with van der Waals surface area (Å²) in [5, 5.41) is 0. The van der Waals surface area contributed by atoms with Crippen molar-refractivity contribution in [1.82, 2.24) is 4.90 Å². The Morgan fingerprint density at radius 1 is 1.17 bits per heavy atom. The molecule has 160 valence electrons. The molecular formula is C23H28N2O5. The zero-order valence-corrected chi connectivity index (χ0v) is 17.6. The molecule has 0 radical (unpaired) electrons. The Hall–Kier alpha value is -2.96. The van der Waals surface area contributed by atoms with Gasteiger partial charge >= 0.3 is 5.97 Å². The lowest BCUT2D eigenvalue weighted by atomic mass is 9.97. The molecule has 0 aromatic heterocycles. The van der Waals surface area contributed by atoms with Gasteiger partial charge in [0.2, 0.25) is 11.8 Å². The fourth-order valence-electron chi connectivity index (χ4n) is 4.02. The van der Waals surface area contributed by atoms with E-state index in [-0.39, 0.29) is 24.8 Å². The third kappa shape index (κ3) is 4.78. The SMILES string of the molecule is CCOC(=O)c1ccc(N2C(=O)CC(N(CCC3=CCCCC3)C(C)=O)C2=O)cc1. The Balaban J connectivity index is 1.72. The van der Waals surface area contributed by atoms with Gasteiger partial charge in [0.15, 0.2) is 0 Å². The Kier molecular flexibility index (Phi) is 7.03. The smallest absolute Gasteiger partial charge is 0.338 e. The minimum absolute atomic E-state index is 0.0307. The van der Waals surface area contributed by atoms with Crippen LogP contribution in [0.25, 0.3) is 0 Å². The van der Waals surface area contributed by atoms with Crippen LogP contribution in [0.4, 0.5) is 5.69 Å². The second kappa shape index (κ2) is 9.69. The second-order valence-corrected chi connectivity index (χ2v) is 7.63. The van der Waals surface area contributed by atoms with Crippen LogP contribution < -0.4 is 4.90 Å². The van der Waals surface area contributed by atoms with Gasteiger partial charge in [-0.25, -0.2) is 9.69 Å². The van der Waals surface area contributed by atoms with E-state index in [1.54, 1.807) is 19.1 Å². The van der Waals surface area contributed by atoms with Gasteiger partial charge in [0.1, 0.15) is 6.04 Å². The molecule has 2 aliphatic rings. The summed E-state index contributed by atoms with van der Waals surface area (Å²) in [6.07, 6.45) is 7.36. The lowest BCUT2D eigenvalue weighted by Crippen LogP contribution is -2.45. The zero-order valence-electron chi connectivity index (χ0n) is 17.6. The van der Waals surface area contributed by atoms with Crippen molar-refractivity contribution < 1.29 is 23.9 Å². The van der Waals surface area contributed by atoms with Crippen LogP contribution in [0.1, 0.15) is 62.7 Å². The molecule has 0 bridgehead atoms. The molecule has 0 N–H and O–H groups in total. The molecule has 0 spiro atoms. The van der Waals surface area contributed by atoms with Crippen LogP contribution >= 0.6 is 0 Å².